The normalized spacial score (nSPS) is 22.5. The molecule has 3 heterocycles. The average Bonchev–Trinajstić information content (AvgIpc) is 3.22. The topological polar surface area (TPSA) is 43.8 Å². The summed E-state index contributed by atoms with van der Waals surface area (Å²) in [5.41, 5.74) is 1.15. The lowest BCUT2D eigenvalue weighted by atomic mass is 10.2. The van der Waals surface area contributed by atoms with Crippen LogP contribution in [-0.4, -0.2) is 60.0 Å². The smallest absolute Gasteiger partial charge is 0.194 e. The van der Waals surface area contributed by atoms with Gasteiger partial charge in [-0.2, -0.15) is 0 Å². The van der Waals surface area contributed by atoms with Crippen molar-refractivity contribution < 1.29 is 0 Å². The lowest BCUT2D eigenvalue weighted by Gasteiger charge is -2.25. The summed E-state index contributed by atoms with van der Waals surface area (Å²) >= 11 is 1.77. The molecule has 0 radical (unpaired) electrons. The summed E-state index contributed by atoms with van der Waals surface area (Å²) in [5.74, 6) is 1.02. The van der Waals surface area contributed by atoms with Crippen molar-refractivity contribution >= 4 is 41.3 Å². The Bertz CT molecular complexity index is 519. The summed E-state index contributed by atoms with van der Waals surface area (Å²) in [7, 11) is 1.88. The molecule has 0 aliphatic carbocycles. The number of halogens is 1. The molecule has 23 heavy (non-hydrogen) atoms. The monoisotopic (exact) mass is 449 g/mol. The van der Waals surface area contributed by atoms with Gasteiger partial charge in [-0.15, -0.1) is 35.3 Å². The number of aryl methyl sites for hydroxylation is 2. The molecule has 2 aliphatic rings. The molecule has 130 valence electrons. The first-order valence-corrected chi connectivity index (χ1v) is 9.11. The van der Waals surface area contributed by atoms with E-state index in [1.807, 2.05) is 7.05 Å². The van der Waals surface area contributed by atoms with Crippen LogP contribution < -0.4 is 5.32 Å². The Morgan fingerprint density at radius 1 is 1.30 bits per heavy atom. The van der Waals surface area contributed by atoms with E-state index < -0.39 is 0 Å². The molecule has 1 N–H and O–H groups in total. The first-order chi connectivity index (χ1) is 10.7. The molecule has 1 aromatic heterocycles. The average molecular weight is 449 g/mol. The zero-order chi connectivity index (χ0) is 15.5. The molecule has 0 bridgehead atoms. The van der Waals surface area contributed by atoms with E-state index >= 15 is 0 Å². The van der Waals surface area contributed by atoms with Crippen molar-refractivity contribution in [2.24, 2.45) is 4.99 Å². The predicted molar refractivity (Wildman–Crippen MR) is 108 cm³/mol. The molecular formula is C16H28IN5S. The highest BCUT2D eigenvalue weighted by atomic mass is 127. The maximum atomic E-state index is 4.60. The van der Waals surface area contributed by atoms with Crippen LogP contribution in [0.1, 0.15) is 34.8 Å². The minimum atomic E-state index is 0. The van der Waals surface area contributed by atoms with Crippen LogP contribution in [0.2, 0.25) is 0 Å². The van der Waals surface area contributed by atoms with Gasteiger partial charge in [0.05, 0.1) is 12.2 Å². The SMILES string of the molecule is CN=C(NCc1nc(C)c(C)s1)N1CCC(N2CCCC2)C1.I. The van der Waals surface area contributed by atoms with E-state index in [9.17, 15) is 0 Å². The van der Waals surface area contributed by atoms with Crippen molar-refractivity contribution in [3.63, 3.8) is 0 Å². The molecule has 0 spiro atoms. The minimum Gasteiger partial charge on any atom is -0.350 e. The lowest BCUT2D eigenvalue weighted by molar-refractivity contribution is 0.249. The summed E-state index contributed by atoms with van der Waals surface area (Å²) in [6.07, 6.45) is 3.99. The van der Waals surface area contributed by atoms with E-state index in [2.05, 4.69) is 38.9 Å². The summed E-state index contributed by atoms with van der Waals surface area (Å²) in [6.45, 7) is 9.76. The fourth-order valence-corrected chi connectivity index (χ4v) is 4.31. The van der Waals surface area contributed by atoms with Crippen molar-refractivity contribution in [1.82, 2.24) is 20.1 Å². The highest BCUT2D eigenvalue weighted by molar-refractivity contribution is 14.0. The molecule has 2 aliphatic heterocycles. The molecular weight excluding hydrogens is 421 g/mol. The fourth-order valence-electron chi connectivity index (χ4n) is 3.44. The number of nitrogens with one attached hydrogen (secondary N) is 1. The quantitative estimate of drug-likeness (QED) is 0.438. The number of rotatable bonds is 3. The van der Waals surface area contributed by atoms with E-state index in [1.165, 1.54) is 37.2 Å². The molecule has 1 unspecified atom stereocenters. The van der Waals surface area contributed by atoms with E-state index in [-0.39, 0.29) is 24.0 Å². The van der Waals surface area contributed by atoms with Crippen LogP contribution in [0.5, 0.6) is 0 Å². The third kappa shape index (κ3) is 4.57. The Balaban J connectivity index is 0.00000192. The van der Waals surface area contributed by atoms with E-state index in [0.29, 0.717) is 6.04 Å². The largest absolute Gasteiger partial charge is 0.350 e. The van der Waals surface area contributed by atoms with Crippen molar-refractivity contribution in [2.75, 3.05) is 33.2 Å². The van der Waals surface area contributed by atoms with Crippen LogP contribution in [0.15, 0.2) is 4.99 Å². The number of hydrogen-bond donors (Lipinski definition) is 1. The van der Waals surface area contributed by atoms with Crippen molar-refractivity contribution in [1.29, 1.82) is 0 Å². The molecule has 0 aromatic carbocycles. The maximum Gasteiger partial charge on any atom is 0.194 e. The van der Waals surface area contributed by atoms with E-state index in [0.717, 1.165) is 36.3 Å². The number of aromatic nitrogens is 1. The molecule has 2 saturated heterocycles. The van der Waals surface area contributed by atoms with Crippen LogP contribution in [0.3, 0.4) is 0 Å². The number of hydrogen-bond acceptors (Lipinski definition) is 4. The fraction of sp³-hybridized carbons (Fsp3) is 0.750. The van der Waals surface area contributed by atoms with E-state index in [1.54, 1.807) is 11.3 Å². The Morgan fingerprint density at radius 2 is 2.04 bits per heavy atom. The Labute approximate surface area is 160 Å². The second-order valence-corrected chi connectivity index (χ2v) is 7.57. The van der Waals surface area contributed by atoms with Gasteiger partial charge in [-0.1, -0.05) is 0 Å². The van der Waals surface area contributed by atoms with Gasteiger partial charge in [0, 0.05) is 31.1 Å². The number of guanidine groups is 1. The molecule has 1 atom stereocenters. The van der Waals surface area contributed by atoms with Gasteiger partial charge in [0.2, 0.25) is 0 Å². The van der Waals surface area contributed by atoms with Gasteiger partial charge in [-0.05, 0) is 46.2 Å². The lowest BCUT2D eigenvalue weighted by Crippen LogP contribution is -2.42. The number of likely N-dealkylation sites (tertiary alicyclic amines) is 2. The van der Waals surface area contributed by atoms with Crippen LogP contribution >= 0.6 is 35.3 Å². The van der Waals surface area contributed by atoms with Crippen molar-refractivity contribution in [3.05, 3.63) is 15.6 Å². The third-order valence-corrected chi connectivity index (χ3v) is 5.88. The summed E-state index contributed by atoms with van der Waals surface area (Å²) in [6, 6.07) is 0.713. The van der Waals surface area contributed by atoms with Gasteiger partial charge in [0.1, 0.15) is 5.01 Å². The van der Waals surface area contributed by atoms with Crippen molar-refractivity contribution in [2.45, 2.75) is 45.7 Å². The Kier molecular flexibility index (Phi) is 7.09. The first kappa shape index (κ1) is 18.9. The molecule has 1 aromatic rings. The van der Waals surface area contributed by atoms with E-state index in [4.69, 9.17) is 0 Å². The second kappa shape index (κ2) is 8.62. The zero-order valence-corrected chi connectivity index (χ0v) is 17.5. The summed E-state index contributed by atoms with van der Waals surface area (Å²) < 4.78 is 0. The van der Waals surface area contributed by atoms with Crippen LogP contribution in [0.25, 0.3) is 0 Å². The summed E-state index contributed by atoms with van der Waals surface area (Å²) in [5, 5.41) is 4.63. The van der Waals surface area contributed by atoms with Gasteiger partial charge in [0.25, 0.3) is 0 Å². The predicted octanol–water partition coefficient (Wildman–Crippen LogP) is 2.62. The van der Waals surface area contributed by atoms with Crippen LogP contribution in [-0.2, 0) is 6.54 Å². The van der Waals surface area contributed by atoms with Crippen molar-refractivity contribution in [3.8, 4) is 0 Å². The Morgan fingerprint density at radius 3 is 2.65 bits per heavy atom. The zero-order valence-electron chi connectivity index (χ0n) is 14.3. The Hall–Kier alpha value is -0.410. The number of aliphatic imine (C=N–C) groups is 1. The maximum absolute atomic E-state index is 4.60. The van der Waals surface area contributed by atoms with Gasteiger partial charge < -0.3 is 10.2 Å². The molecule has 2 fully saturated rings. The highest BCUT2D eigenvalue weighted by Gasteiger charge is 2.30. The van der Waals surface area contributed by atoms with Gasteiger partial charge >= 0.3 is 0 Å². The number of nitrogens with zero attached hydrogens (tertiary/aromatic N) is 4. The highest BCUT2D eigenvalue weighted by Crippen LogP contribution is 2.21. The first-order valence-electron chi connectivity index (χ1n) is 8.30. The molecule has 0 saturated carbocycles. The molecule has 5 nitrogen and oxygen atoms in total. The molecule has 3 rings (SSSR count). The van der Waals surface area contributed by atoms with Crippen LogP contribution in [0.4, 0.5) is 0 Å². The van der Waals surface area contributed by atoms with Gasteiger partial charge in [-0.3, -0.25) is 9.89 Å². The van der Waals surface area contributed by atoms with Gasteiger partial charge in [0.15, 0.2) is 5.96 Å². The van der Waals surface area contributed by atoms with Crippen LogP contribution in [0, 0.1) is 13.8 Å². The minimum absolute atomic E-state index is 0. The number of thiazole rings is 1. The second-order valence-electron chi connectivity index (χ2n) is 6.28. The molecule has 7 heteroatoms. The summed E-state index contributed by atoms with van der Waals surface area (Å²) in [4.78, 5) is 15.4. The third-order valence-electron chi connectivity index (χ3n) is 4.80. The standard InChI is InChI=1S/C16H27N5S.HI/c1-12-13(2)22-15(19-12)10-18-16(17-3)21-9-6-14(11-21)20-7-4-5-8-20;/h14H,4-11H2,1-3H3,(H,17,18);1H. The molecule has 0 amide bonds. The van der Waals surface area contributed by atoms with Gasteiger partial charge in [-0.25, -0.2) is 4.98 Å².